The van der Waals surface area contributed by atoms with Crippen LogP contribution < -0.4 is 4.74 Å². The monoisotopic (exact) mass is 343 g/mol. The maximum atomic E-state index is 5.46. The fraction of sp³-hybridized carbons (Fsp3) is 0.100. The van der Waals surface area contributed by atoms with E-state index in [0.717, 1.165) is 22.4 Å². The van der Waals surface area contributed by atoms with Gasteiger partial charge in [-0.3, -0.25) is 0 Å². The van der Waals surface area contributed by atoms with Gasteiger partial charge >= 0.3 is 0 Å². The Kier molecular flexibility index (Phi) is 4.15. The number of methoxy groups -OCH3 is 1. The second-order valence-corrected chi connectivity index (χ2v) is 5.76. The minimum absolute atomic E-state index is 0.437. The van der Waals surface area contributed by atoms with Gasteiger partial charge < -0.3 is 4.74 Å². The largest absolute Gasteiger partial charge is 0.479 e. The fourth-order valence-corrected chi connectivity index (χ4v) is 2.87. The van der Waals surface area contributed by atoms with Gasteiger partial charge in [-0.1, -0.05) is 65.9 Å². The minimum atomic E-state index is 0.437. The van der Waals surface area contributed by atoms with Gasteiger partial charge in [0, 0.05) is 18.2 Å². The summed E-state index contributed by atoms with van der Waals surface area (Å²) in [5.41, 5.74) is 4.91. The van der Waals surface area contributed by atoms with Crippen LogP contribution >= 0.6 is 0 Å². The van der Waals surface area contributed by atoms with E-state index in [9.17, 15) is 0 Å². The molecular formula is C20H17N5O. The molecule has 0 unspecified atom stereocenters. The molecule has 4 aromatic rings. The number of nitrogens with zero attached hydrogens (tertiary/aromatic N) is 5. The molecule has 26 heavy (non-hydrogen) atoms. The Morgan fingerprint density at radius 1 is 0.962 bits per heavy atom. The van der Waals surface area contributed by atoms with Crippen molar-refractivity contribution in [2.75, 3.05) is 7.11 Å². The van der Waals surface area contributed by atoms with Crippen molar-refractivity contribution in [3.8, 4) is 5.88 Å². The van der Waals surface area contributed by atoms with Crippen molar-refractivity contribution in [2.24, 2.45) is 12.0 Å². The average molecular weight is 343 g/mol. The van der Waals surface area contributed by atoms with Crippen LogP contribution in [0.5, 0.6) is 5.88 Å². The van der Waals surface area contributed by atoms with Crippen molar-refractivity contribution < 1.29 is 4.74 Å². The lowest BCUT2D eigenvalue weighted by atomic mass is 10.0. The van der Waals surface area contributed by atoms with E-state index in [1.807, 2.05) is 67.7 Å². The Balaban J connectivity index is 2.02. The summed E-state index contributed by atoms with van der Waals surface area (Å²) in [6, 6.07) is 20.1. The van der Waals surface area contributed by atoms with Crippen LogP contribution in [0.25, 0.3) is 11.0 Å². The molecule has 0 saturated carbocycles. The Bertz CT molecular complexity index is 1030. The van der Waals surface area contributed by atoms with Gasteiger partial charge in [-0.2, -0.15) is 0 Å². The zero-order valence-corrected chi connectivity index (χ0v) is 14.5. The summed E-state index contributed by atoms with van der Waals surface area (Å²) in [4.78, 5) is 9.29. The van der Waals surface area contributed by atoms with Crippen molar-refractivity contribution in [2.45, 2.75) is 0 Å². The van der Waals surface area contributed by atoms with Crippen LogP contribution in [-0.2, 0) is 7.05 Å². The van der Waals surface area contributed by atoms with Crippen LogP contribution in [0.1, 0.15) is 11.1 Å². The van der Waals surface area contributed by atoms with Gasteiger partial charge in [0.05, 0.1) is 19.0 Å². The summed E-state index contributed by atoms with van der Waals surface area (Å²) in [6.45, 7) is 0. The van der Waals surface area contributed by atoms with E-state index >= 15 is 0 Å². The third-order valence-electron chi connectivity index (χ3n) is 4.10. The first-order valence-corrected chi connectivity index (χ1v) is 8.20. The molecular weight excluding hydrogens is 326 g/mol. The molecule has 0 spiro atoms. The smallest absolute Gasteiger partial charge is 0.242 e. The number of aryl methyl sites for hydroxylation is 1. The molecule has 0 bridgehead atoms. The van der Waals surface area contributed by atoms with Crippen LogP contribution in [0.2, 0.25) is 0 Å². The molecule has 0 amide bonds. The minimum Gasteiger partial charge on any atom is -0.479 e. The highest BCUT2D eigenvalue weighted by Gasteiger charge is 2.16. The Labute approximate surface area is 150 Å². The standard InChI is InChI=1S/C20H17N5O/c1-25-19-16(23-24-25)13-21-20(26-2)18(19)22-17(14-9-5-3-6-10-14)15-11-7-4-8-12-15/h3-13H,1-2H3. The van der Waals surface area contributed by atoms with Crippen LogP contribution in [0.15, 0.2) is 71.9 Å². The van der Waals surface area contributed by atoms with Crippen molar-refractivity contribution in [1.82, 2.24) is 20.0 Å². The lowest BCUT2D eigenvalue weighted by molar-refractivity contribution is 0.400. The van der Waals surface area contributed by atoms with E-state index in [1.165, 1.54) is 0 Å². The summed E-state index contributed by atoms with van der Waals surface area (Å²) in [6.07, 6.45) is 1.64. The normalized spacial score (nSPS) is 10.7. The van der Waals surface area contributed by atoms with Crippen molar-refractivity contribution in [1.29, 1.82) is 0 Å². The molecule has 2 aromatic heterocycles. The molecule has 0 fully saturated rings. The highest BCUT2D eigenvalue weighted by Crippen LogP contribution is 2.33. The molecule has 0 aliphatic heterocycles. The molecule has 6 heteroatoms. The van der Waals surface area contributed by atoms with Crippen LogP contribution in [0.4, 0.5) is 5.69 Å². The number of pyridine rings is 1. The predicted molar refractivity (Wildman–Crippen MR) is 101 cm³/mol. The fourth-order valence-electron chi connectivity index (χ4n) is 2.87. The quantitative estimate of drug-likeness (QED) is 0.532. The number of benzene rings is 2. The summed E-state index contributed by atoms with van der Waals surface area (Å²) in [7, 11) is 3.42. The van der Waals surface area contributed by atoms with Gasteiger partial charge in [0.25, 0.3) is 0 Å². The average Bonchev–Trinajstić information content (AvgIpc) is 3.08. The summed E-state index contributed by atoms with van der Waals surface area (Å²) < 4.78 is 7.15. The number of fused-ring (bicyclic) bond motifs is 1. The van der Waals surface area contributed by atoms with Gasteiger partial charge in [-0.05, 0) is 0 Å². The molecule has 128 valence electrons. The number of aromatic nitrogens is 4. The predicted octanol–water partition coefficient (Wildman–Crippen LogP) is 3.54. The Morgan fingerprint density at radius 3 is 2.15 bits per heavy atom. The van der Waals surface area contributed by atoms with Crippen LogP contribution in [-0.4, -0.2) is 32.8 Å². The maximum absolute atomic E-state index is 5.46. The molecule has 4 rings (SSSR count). The first-order chi connectivity index (χ1) is 12.8. The zero-order chi connectivity index (χ0) is 17.9. The molecule has 0 aliphatic rings. The number of rotatable bonds is 4. The van der Waals surface area contributed by atoms with E-state index in [4.69, 9.17) is 9.73 Å². The molecule has 2 heterocycles. The molecule has 0 N–H and O–H groups in total. The topological polar surface area (TPSA) is 65.2 Å². The van der Waals surface area contributed by atoms with Gasteiger partial charge in [0.15, 0.2) is 5.69 Å². The summed E-state index contributed by atoms with van der Waals surface area (Å²) in [5.74, 6) is 0.437. The van der Waals surface area contributed by atoms with Gasteiger partial charge in [0.2, 0.25) is 5.88 Å². The second-order valence-electron chi connectivity index (χ2n) is 5.76. The molecule has 6 nitrogen and oxygen atoms in total. The van der Waals surface area contributed by atoms with Crippen molar-refractivity contribution in [3.05, 3.63) is 78.0 Å². The van der Waals surface area contributed by atoms with Gasteiger partial charge in [0.1, 0.15) is 11.0 Å². The van der Waals surface area contributed by atoms with Crippen LogP contribution in [0, 0.1) is 0 Å². The summed E-state index contributed by atoms with van der Waals surface area (Å²) in [5, 5.41) is 8.22. The zero-order valence-electron chi connectivity index (χ0n) is 14.5. The van der Waals surface area contributed by atoms with Crippen LogP contribution in [0.3, 0.4) is 0 Å². The summed E-state index contributed by atoms with van der Waals surface area (Å²) >= 11 is 0. The Hall–Kier alpha value is -3.54. The molecule has 2 aromatic carbocycles. The van der Waals surface area contributed by atoms with Gasteiger partial charge in [-0.25, -0.2) is 14.7 Å². The lowest BCUT2D eigenvalue weighted by Gasteiger charge is -2.10. The number of aliphatic imine (C=N–C) groups is 1. The first-order valence-electron chi connectivity index (χ1n) is 8.20. The van der Waals surface area contributed by atoms with Crippen molar-refractivity contribution >= 4 is 22.4 Å². The second kappa shape index (κ2) is 6.76. The molecule has 0 saturated heterocycles. The number of ether oxygens (including phenoxy) is 1. The SMILES string of the molecule is COc1ncc2nnn(C)c2c1N=C(c1ccccc1)c1ccccc1. The molecule has 0 radical (unpaired) electrons. The van der Waals surface area contributed by atoms with Crippen molar-refractivity contribution in [3.63, 3.8) is 0 Å². The molecule has 0 atom stereocenters. The highest BCUT2D eigenvalue weighted by molar-refractivity contribution is 6.15. The van der Waals surface area contributed by atoms with E-state index in [2.05, 4.69) is 15.3 Å². The van der Waals surface area contributed by atoms with E-state index in [0.29, 0.717) is 17.1 Å². The number of hydrogen-bond donors (Lipinski definition) is 0. The highest BCUT2D eigenvalue weighted by atomic mass is 16.5. The van der Waals surface area contributed by atoms with E-state index in [1.54, 1.807) is 18.0 Å². The Morgan fingerprint density at radius 2 is 1.58 bits per heavy atom. The third-order valence-corrected chi connectivity index (χ3v) is 4.10. The van der Waals surface area contributed by atoms with E-state index < -0.39 is 0 Å². The third kappa shape index (κ3) is 2.82. The van der Waals surface area contributed by atoms with Gasteiger partial charge in [-0.15, -0.1) is 5.10 Å². The number of hydrogen-bond acceptors (Lipinski definition) is 5. The molecule has 0 aliphatic carbocycles. The van der Waals surface area contributed by atoms with E-state index in [-0.39, 0.29) is 0 Å². The maximum Gasteiger partial charge on any atom is 0.242 e. The first kappa shape index (κ1) is 16.0. The lowest BCUT2D eigenvalue weighted by Crippen LogP contribution is -2.03.